The van der Waals surface area contributed by atoms with Gasteiger partial charge >= 0.3 is 0 Å². The van der Waals surface area contributed by atoms with E-state index >= 15 is 0 Å². The predicted octanol–water partition coefficient (Wildman–Crippen LogP) is 2.69. The molecule has 0 amide bonds. The lowest BCUT2D eigenvalue weighted by Crippen LogP contribution is -2.34. The lowest BCUT2D eigenvalue weighted by Gasteiger charge is -2.24. The van der Waals surface area contributed by atoms with Crippen LogP contribution in [0.25, 0.3) is 0 Å². The third-order valence-corrected chi connectivity index (χ3v) is 4.41. The Kier molecular flexibility index (Phi) is 6.01. The van der Waals surface area contributed by atoms with Gasteiger partial charge in [0.1, 0.15) is 0 Å². The van der Waals surface area contributed by atoms with E-state index < -0.39 is 0 Å². The van der Waals surface area contributed by atoms with Gasteiger partial charge in [0.2, 0.25) is 0 Å². The second-order valence-corrected chi connectivity index (χ2v) is 5.63. The average molecular weight is 297 g/mol. The van der Waals surface area contributed by atoms with E-state index in [9.17, 15) is 0 Å². The maximum absolute atomic E-state index is 5.39. The van der Waals surface area contributed by atoms with Crippen LogP contribution in [0.5, 0.6) is 11.5 Å². The fourth-order valence-corrected chi connectivity index (χ4v) is 3.00. The Morgan fingerprint density at radius 1 is 1.20 bits per heavy atom. The van der Waals surface area contributed by atoms with Gasteiger partial charge in [-0.1, -0.05) is 0 Å². The summed E-state index contributed by atoms with van der Waals surface area (Å²) in [5.74, 6) is 1.57. The number of nitrogens with one attached hydrogen (secondary N) is 1. The Balaban J connectivity index is 2.08. The van der Waals surface area contributed by atoms with Gasteiger partial charge < -0.3 is 19.5 Å². The molecule has 0 spiro atoms. The molecule has 0 bridgehead atoms. The molecular weight excluding hydrogens is 274 g/mol. The number of benzene rings is 1. The lowest BCUT2D eigenvalue weighted by molar-refractivity contribution is 0.0775. The minimum absolute atomic E-state index is 0.548. The Morgan fingerprint density at radius 2 is 1.85 bits per heavy atom. The number of ether oxygens (including phenoxy) is 3. The van der Waals surface area contributed by atoms with Crippen molar-refractivity contribution >= 4 is 11.8 Å². The second kappa shape index (κ2) is 7.76. The average Bonchev–Trinajstić information content (AvgIpc) is 2.52. The summed E-state index contributed by atoms with van der Waals surface area (Å²) in [5, 5.41) is 3.61. The molecule has 0 aromatic heterocycles. The van der Waals surface area contributed by atoms with Crippen molar-refractivity contribution in [1.29, 1.82) is 0 Å². The molecular formula is C15H23NO3S. The molecule has 1 saturated heterocycles. The summed E-state index contributed by atoms with van der Waals surface area (Å²) in [6.07, 6.45) is 4.25. The van der Waals surface area contributed by atoms with E-state index in [0.717, 1.165) is 44.1 Å². The van der Waals surface area contributed by atoms with Gasteiger partial charge in [0, 0.05) is 30.7 Å². The maximum Gasteiger partial charge on any atom is 0.161 e. The van der Waals surface area contributed by atoms with Gasteiger partial charge in [0.05, 0.1) is 14.2 Å². The number of methoxy groups -OCH3 is 2. The van der Waals surface area contributed by atoms with Crippen molar-refractivity contribution < 1.29 is 14.2 Å². The molecule has 0 aliphatic carbocycles. The minimum atomic E-state index is 0.548. The molecule has 1 aliphatic heterocycles. The first-order valence-corrected chi connectivity index (χ1v) is 8.11. The third kappa shape index (κ3) is 3.81. The molecule has 0 unspecified atom stereocenters. The summed E-state index contributed by atoms with van der Waals surface area (Å²) >= 11 is 1.73. The highest BCUT2D eigenvalue weighted by molar-refractivity contribution is 7.98. The zero-order chi connectivity index (χ0) is 14.4. The summed E-state index contributed by atoms with van der Waals surface area (Å²) in [4.78, 5) is 1.22. The van der Waals surface area contributed by atoms with E-state index in [0.29, 0.717) is 6.04 Å². The van der Waals surface area contributed by atoms with E-state index in [1.807, 2.05) is 6.07 Å². The van der Waals surface area contributed by atoms with Crippen molar-refractivity contribution in [2.24, 2.45) is 0 Å². The first kappa shape index (κ1) is 15.5. The zero-order valence-corrected chi connectivity index (χ0v) is 13.2. The van der Waals surface area contributed by atoms with Crippen LogP contribution in [0, 0.1) is 0 Å². The van der Waals surface area contributed by atoms with Crippen molar-refractivity contribution in [2.75, 3.05) is 33.7 Å². The van der Waals surface area contributed by atoms with Crippen LogP contribution in [0.3, 0.4) is 0 Å². The highest BCUT2D eigenvalue weighted by atomic mass is 32.2. The van der Waals surface area contributed by atoms with Crippen LogP contribution in [0.15, 0.2) is 17.0 Å². The molecule has 0 atom stereocenters. The Hall–Kier alpha value is -0.910. The van der Waals surface area contributed by atoms with Crippen molar-refractivity contribution in [3.63, 3.8) is 0 Å². The molecule has 1 aromatic rings. The SMILES string of the molecule is COc1cc(CNC2CCOCC2)c(SC)cc1OC. The number of rotatable bonds is 6. The van der Waals surface area contributed by atoms with Crippen LogP contribution < -0.4 is 14.8 Å². The van der Waals surface area contributed by atoms with Gasteiger partial charge in [-0.3, -0.25) is 0 Å². The van der Waals surface area contributed by atoms with Gasteiger partial charge in [-0.15, -0.1) is 11.8 Å². The molecule has 1 N–H and O–H groups in total. The van der Waals surface area contributed by atoms with E-state index in [1.54, 1.807) is 26.0 Å². The van der Waals surface area contributed by atoms with Crippen molar-refractivity contribution in [1.82, 2.24) is 5.32 Å². The van der Waals surface area contributed by atoms with Gasteiger partial charge in [0.15, 0.2) is 11.5 Å². The Bertz CT molecular complexity index is 433. The zero-order valence-electron chi connectivity index (χ0n) is 12.4. The normalized spacial score (nSPS) is 16.1. The fraction of sp³-hybridized carbons (Fsp3) is 0.600. The smallest absolute Gasteiger partial charge is 0.161 e. The van der Waals surface area contributed by atoms with Crippen LogP contribution in [0.1, 0.15) is 18.4 Å². The summed E-state index contributed by atoms with van der Waals surface area (Å²) < 4.78 is 16.1. The fourth-order valence-electron chi connectivity index (χ4n) is 2.39. The molecule has 2 rings (SSSR count). The van der Waals surface area contributed by atoms with E-state index in [2.05, 4.69) is 17.6 Å². The Labute approximate surface area is 125 Å². The Morgan fingerprint density at radius 3 is 2.45 bits per heavy atom. The molecule has 1 heterocycles. The first-order valence-electron chi connectivity index (χ1n) is 6.88. The minimum Gasteiger partial charge on any atom is -0.493 e. The first-order chi connectivity index (χ1) is 9.78. The summed E-state index contributed by atoms with van der Waals surface area (Å²) in [5.41, 5.74) is 1.25. The van der Waals surface area contributed by atoms with Crippen molar-refractivity contribution in [2.45, 2.75) is 30.3 Å². The van der Waals surface area contributed by atoms with E-state index in [4.69, 9.17) is 14.2 Å². The highest BCUT2D eigenvalue weighted by Crippen LogP contribution is 2.34. The maximum atomic E-state index is 5.39. The molecule has 0 radical (unpaired) electrons. The van der Waals surface area contributed by atoms with Crippen LogP contribution in [0.4, 0.5) is 0 Å². The molecule has 112 valence electrons. The molecule has 1 aliphatic rings. The van der Waals surface area contributed by atoms with Crippen molar-refractivity contribution in [3.05, 3.63) is 17.7 Å². The number of hydrogen-bond donors (Lipinski definition) is 1. The molecule has 1 aromatic carbocycles. The monoisotopic (exact) mass is 297 g/mol. The highest BCUT2D eigenvalue weighted by Gasteiger charge is 2.15. The number of hydrogen-bond acceptors (Lipinski definition) is 5. The molecule has 1 fully saturated rings. The largest absolute Gasteiger partial charge is 0.493 e. The summed E-state index contributed by atoms with van der Waals surface area (Å²) in [6.45, 7) is 2.57. The second-order valence-electron chi connectivity index (χ2n) is 4.79. The van der Waals surface area contributed by atoms with Gasteiger partial charge in [-0.25, -0.2) is 0 Å². The van der Waals surface area contributed by atoms with Crippen molar-refractivity contribution in [3.8, 4) is 11.5 Å². The molecule has 4 nitrogen and oxygen atoms in total. The standard InChI is InChI=1S/C15H23NO3S/c1-17-13-8-11(15(20-3)9-14(13)18-2)10-16-12-4-6-19-7-5-12/h8-9,12,16H,4-7,10H2,1-3H3. The van der Waals surface area contributed by atoms with E-state index in [1.165, 1.54) is 10.5 Å². The molecule has 20 heavy (non-hydrogen) atoms. The lowest BCUT2D eigenvalue weighted by atomic mass is 10.1. The van der Waals surface area contributed by atoms with E-state index in [-0.39, 0.29) is 0 Å². The van der Waals surface area contributed by atoms with Gasteiger partial charge in [-0.2, -0.15) is 0 Å². The summed E-state index contributed by atoms with van der Waals surface area (Å²) in [6, 6.07) is 4.66. The third-order valence-electron chi connectivity index (χ3n) is 3.59. The molecule has 5 heteroatoms. The van der Waals surface area contributed by atoms with Crippen LogP contribution >= 0.6 is 11.8 Å². The topological polar surface area (TPSA) is 39.7 Å². The van der Waals surface area contributed by atoms with Crippen LogP contribution in [-0.4, -0.2) is 39.7 Å². The van der Waals surface area contributed by atoms with Crippen LogP contribution in [-0.2, 0) is 11.3 Å². The number of thioether (sulfide) groups is 1. The quantitative estimate of drug-likeness (QED) is 0.818. The predicted molar refractivity (Wildman–Crippen MR) is 82.0 cm³/mol. The summed E-state index contributed by atoms with van der Waals surface area (Å²) in [7, 11) is 3.34. The van der Waals surface area contributed by atoms with Crippen LogP contribution in [0.2, 0.25) is 0 Å². The van der Waals surface area contributed by atoms with Gasteiger partial charge in [-0.05, 0) is 36.8 Å². The molecule has 0 saturated carbocycles. The van der Waals surface area contributed by atoms with Gasteiger partial charge in [0.25, 0.3) is 0 Å².